The van der Waals surface area contributed by atoms with Gasteiger partial charge in [-0.1, -0.05) is 30.5 Å². The molecule has 1 aromatic carbocycles. The van der Waals surface area contributed by atoms with E-state index in [-0.39, 0.29) is 35.3 Å². The molecule has 1 aromatic rings. The van der Waals surface area contributed by atoms with Crippen LogP contribution in [0.1, 0.15) is 50.5 Å². The highest BCUT2D eigenvalue weighted by Gasteiger charge is 2.47. The van der Waals surface area contributed by atoms with Gasteiger partial charge in [-0.2, -0.15) is 13.2 Å². The van der Waals surface area contributed by atoms with Crippen molar-refractivity contribution in [3.8, 4) is 5.75 Å². The summed E-state index contributed by atoms with van der Waals surface area (Å²) >= 11 is 6.06. The monoisotopic (exact) mass is 418 g/mol. The molecular weight excluding hydrogens is 397 g/mol. The van der Waals surface area contributed by atoms with Crippen LogP contribution in [0.3, 0.4) is 0 Å². The van der Waals surface area contributed by atoms with E-state index in [9.17, 15) is 22.8 Å². The number of rotatable bonds is 6. The quantitative estimate of drug-likeness (QED) is 0.479. The average molecular weight is 419 g/mol. The lowest BCUT2D eigenvalue weighted by molar-refractivity contribution is -0.178. The standard InChI is InChI=1S/C20H22ClF3O4/c21-16-9-13(5-6-17(16)27-12-20(22,23)24)7-8-19(14-3-1-2-4-14)11-15(25)10-18(26)28-19/h5-6,9,14H,1-4,7-8,10-12H2. The number of ketones is 1. The van der Waals surface area contributed by atoms with Crippen molar-refractivity contribution in [2.75, 3.05) is 6.61 Å². The van der Waals surface area contributed by atoms with Crippen molar-refractivity contribution in [1.29, 1.82) is 0 Å². The first-order chi connectivity index (χ1) is 13.2. The van der Waals surface area contributed by atoms with Crippen LogP contribution in [0.5, 0.6) is 5.75 Å². The Hall–Kier alpha value is -1.76. The number of hydrogen-bond donors (Lipinski definition) is 0. The molecule has 0 aromatic heterocycles. The lowest BCUT2D eigenvalue weighted by atomic mass is 9.76. The Morgan fingerprint density at radius 1 is 1.21 bits per heavy atom. The summed E-state index contributed by atoms with van der Waals surface area (Å²) in [6.07, 6.45) is 0.536. The SMILES string of the molecule is O=C1CC(=O)OC(CCc2ccc(OCC(F)(F)F)c(Cl)c2)(C2CCCC2)C1. The van der Waals surface area contributed by atoms with E-state index in [4.69, 9.17) is 21.1 Å². The van der Waals surface area contributed by atoms with E-state index in [2.05, 4.69) is 0 Å². The lowest BCUT2D eigenvalue weighted by Crippen LogP contribution is -2.48. The first kappa shape index (κ1) is 21.0. The molecule has 0 bridgehead atoms. The number of alkyl halides is 3. The minimum atomic E-state index is -4.44. The van der Waals surface area contributed by atoms with Gasteiger partial charge in [0.05, 0.1) is 5.02 Å². The Bertz CT molecular complexity index is 725. The van der Waals surface area contributed by atoms with Gasteiger partial charge in [0.1, 0.15) is 23.6 Å². The number of aryl methyl sites for hydroxylation is 1. The van der Waals surface area contributed by atoms with Gasteiger partial charge in [-0.15, -0.1) is 0 Å². The molecule has 1 heterocycles. The third-order valence-corrected chi connectivity index (χ3v) is 5.77. The molecule has 1 saturated heterocycles. The normalized spacial score (nSPS) is 23.7. The zero-order chi connectivity index (χ0) is 20.4. The predicted molar refractivity (Wildman–Crippen MR) is 96.3 cm³/mol. The highest BCUT2D eigenvalue weighted by molar-refractivity contribution is 6.32. The number of benzene rings is 1. The smallest absolute Gasteiger partial charge is 0.422 e. The van der Waals surface area contributed by atoms with Crippen LogP contribution in [0.15, 0.2) is 18.2 Å². The van der Waals surface area contributed by atoms with Crippen molar-refractivity contribution in [2.24, 2.45) is 5.92 Å². The maximum Gasteiger partial charge on any atom is 0.422 e. The lowest BCUT2D eigenvalue weighted by Gasteiger charge is -2.41. The zero-order valence-electron chi connectivity index (χ0n) is 15.3. The van der Waals surface area contributed by atoms with Gasteiger partial charge >= 0.3 is 12.1 Å². The summed E-state index contributed by atoms with van der Waals surface area (Å²) in [7, 11) is 0. The summed E-state index contributed by atoms with van der Waals surface area (Å²) in [6, 6.07) is 4.61. The highest BCUT2D eigenvalue weighted by Crippen LogP contribution is 2.44. The molecule has 2 aliphatic rings. The summed E-state index contributed by atoms with van der Waals surface area (Å²) in [5, 5.41) is 0.0911. The number of hydrogen-bond acceptors (Lipinski definition) is 4. The Kier molecular flexibility index (Phi) is 6.22. The van der Waals surface area contributed by atoms with Crippen molar-refractivity contribution < 1.29 is 32.2 Å². The van der Waals surface area contributed by atoms with E-state index in [1.807, 2.05) is 0 Å². The summed E-state index contributed by atoms with van der Waals surface area (Å²) in [6.45, 7) is -1.41. The number of esters is 1. The van der Waals surface area contributed by atoms with E-state index < -0.39 is 24.4 Å². The second-order valence-corrected chi connectivity index (χ2v) is 7.99. The Morgan fingerprint density at radius 2 is 1.93 bits per heavy atom. The topological polar surface area (TPSA) is 52.6 Å². The number of Topliss-reactive ketones (excluding diaryl/α,β-unsaturated/α-hetero) is 1. The molecule has 1 aliphatic heterocycles. The summed E-state index contributed by atoms with van der Waals surface area (Å²) < 4.78 is 47.3. The molecule has 8 heteroatoms. The number of carbonyl (C=O) groups is 2. The molecule has 1 unspecified atom stereocenters. The number of ether oxygens (including phenoxy) is 2. The molecule has 1 aliphatic carbocycles. The largest absolute Gasteiger partial charge is 0.483 e. The van der Waals surface area contributed by atoms with E-state index in [1.54, 1.807) is 12.1 Å². The molecule has 154 valence electrons. The number of halogens is 4. The molecule has 0 amide bonds. The molecule has 3 rings (SSSR count). The average Bonchev–Trinajstić information content (AvgIpc) is 3.13. The third kappa shape index (κ3) is 5.19. The first-order valence-corrected chi connectivity index (χ1v) is 9.76. The Balaban J connectivity index is 1.70. The fraction of sp³-hybridized carbons (Fsp3) is 0.600. The third-order valence-electron chi connectivity index (χ3n) is 5.48. The van der Waals surface area contributed by atoms with Crippen LogP contribution in [0.25, 0.3) is 0 Å². The van der Waals surface area contributed by atoms with E-state index in [0.29, 0.717) is 12.8 Å². The predicted octanol–water partition coefficient (Wildman–Crippen LogP) is 5.05. The van der Waals surface area contributed by atoms with E-state index >= 15 is 0 Å². The maximum absolute atomic E-state index is 12.3. The van der Waals surface area contributed by atoms with Gasteiger partial charge in [0.15, 0.2) is 6.61 Å². The molecule has 28 heavy (non-hydrogen) atoms. The van der Waals surface area contributed by atoms with Crippen LogP contribution >= 0.6 is 11.6 Å². The maximum atomic E-state index is 12.3. The molecule has 0 spiro atoms. The van der Waals surface area contributed by atoms with Crippen molar-refractivity contribution in [1.82, 2.24) is 0 Å². The zero-order valence-corrected chi connectivity index (χ0v) is 16.1. The van der Waals surface area contributed by atoms with E-state index in [0.717, 1.165) is 31.2 Å². The molecule has 1 atom stereocenters. The van der Waals surface area contributed by atoms with Crippen LogP contribution in [-0.2, 0) is 20.7 Å². The summed E-state index contributed by atoms with van der Waals surface area (Å²) in [5.74, 6) is -0.452. The molecular formula is C20H22ClF3O4. The van der Waals surface area contributed by atoms with Gasteiger partial charge in [0.2, 0.25) is 0 Å². The van der Waals surface area contributed by atoms with Gasteiger partial charge in [0.25, 0.3) is 0 Å². The van der Waals surface area contributed by atoms with Crippen LogP contribution in [0, 0.1) is 5.92 Å². The minimum absolute atomic E-state index is 0.0347. The van der Waals surface area contributed by atoms with Gasteiger partial charge in [0, 0.05) is 6.42 Å². The van der Waals surface area contributed by atoms with Gasteiger partial charge in [-0.3, -0.25) is 9.59 Å². The molecule has 0 radical (unpaired) electrons. The summed E-state index contributed by atoms with van der Waals surface area (Å²) in [4.78, 5) is 24.0. The molecule has 4 nitrogen and oxygen atoms in total. The van der Waals surface area contributed by atoms with Crippen LogP contribution < -0.4 is 4.74 Å². The van der Waals surface area contributed by atoms with Crippen molar-refractivity contribution in [3.63, 3.8) is 0 Å². The molecule has 0 N–H and O–H groups in total. The van der Waals surface area contributed by atoms with Crippen molar-refractivity contribution in [2.45, 2.75) is 63.1 Å². The second kappa shape index (κ2) is 8.31. The molecule has 2 fully saturated rings. The number of carbonyl (C=O) groups excluding carboxylic acids is 2. The number of cyclic esters (lactones) is 1. The van der Waals surface area contributed by atoms with E-state index in [1.165, 1.54) is 6.07 Å². The Labute approximate surface area is 166 Å². The van der Waals surface area contributed by atoms with Crippen LogP contribution in [0.2, 0.25) is 5.02 Å². The summed E-state index contributed by atoms with van der Waals surface area (Å²) in [5.41, 5.74) is -0.00305. The van der Waals surface area contributed by atoms with Gasteiger partial charge in [-0.05, 0) is 49.3 Å². The van der Waals surface area contributed by atoms with Crippen molar-refractivity contribution in [3.05, 3.63) is 28.8 Å². The second-order valence-electron chi connectivity index (χ2n) is 7.58. The minimum Gasteiger partial charge on any atom is -0.483 e. The van der Waals surface area contributed by atoms with Crippen molar-refractivity contribution >= 4 is 23.4 Å². The van der Waals surface area contributed by atoms with Gasteiger partial charge < -0.3 is 9.47 Å². The van der Waals surface area contributed by atoms with Gasteiger partial charge in [-0.25, -0.2) is 0 Å². The fourth-order valence-electron chi connectivity index (χ4n) is 4.21. The molecule has 1 saturated carbocycles. The fourth-order valence-corrected chi connectivity index (χ4v) is 4.47. The van der Waals surface area contributed by atoms with Crippen LogP contribution in [-0.4, -0.2) is 30.1 Å². The van der Waals surface area contributed by atoms with Crippen LogP contribution in [0.4, 0.5) is 13.2 Å². The first-order valence-electron chi connectivity index (χ1n) is 9.38. The Morgan fingerprint density at radius 3 is 2.54 bits per heavy atom. The highest BCUT2D eigenvalue weighted by atomic mass is 35.5.